The van der Waals surface area contributed by atoms with E-state index in [9.17, 15) is 28.8 Å². The van der Waals surface area contributed by atoms with Crippen LogP contribution in [0, 0.1) is 21.7 Å². The molecule has 2 atom stereocenters. The summed E-state index contributed by atoms with van der Waals surface area (Å²) in [6, 6.07) is 8.31. The van der Waals surface area contributed by atoms with Gasteiger partial charge in [-0.2, -0.15) is 10.2 Å². The molecule has 0 saturated carbocycles. The van der Waals surface area contributed by atoms with Crippen LogP contribution in [0.2, 0.25) is 0 Å². The van der Waals surface area contributed by atoms with Crippen molar-refractivity contribution in [1.82, 2.24) is 29.4 Å². The first-order valence-electron chi connectivity index (χ1n) is 12.5. The number of piperazine rings is 1. The molecule has 5 rings (SSSR count). The Bertz CT molecular complexity index is 1500. The molecule has 0 radical (unpaired) electrons. The number of hydrogen-bond donors (Lipinski definition) is 1. The molecule has 1 N–H and O–H groups in total. The van der Waals surface area contributed by atoms with Crippen LogP contribution in [-0.2, 0) is 12.1 Å². The predicted molar refractivity (Wildman–Crippen MR) is 138 cm³/mol. The van der Waals surface area contributed by atoms with Crippen LogP contribution in [0.4, 0.5) is 20.2 Å². The third kappa shape index (κ3) is 5.25. The fourth-order valence-corrected chi connectivity index (χ4v) is 4.86. The molecule has 1 aliphatic rings. The minimum Gasteiger partial charge on any atom is -0.381 e. The van der Waals surface area contributed by atoms with Crippen molar-refractivity contribution in [3.05, 3.63) is 100 Å². The fourth-order valence-electron chi connectivity index (χ4n) is 4.86. The van der Waals surface area contributed by atoms with Gasteiger partial charge in [0.25, 0.3) is 11.6 Å². The topological polar surface area (TPSA) is 135 Å². The standard InChI is InChI=1S/C26H26F2N8O4/c1-18(26(38,15-34-17-29-16-31-34)23-7-2-20(27)12-24(23)28)35-14-19(13-30-35)25(37)33-10-8-32(9-11-33)21-3-5-22(6-4-21)36(39)40/h2-7,12-14,16-18,38H,8-11,15H2,1H3/t18-,26-/m1/s1. The summed E-state index contributed by atoms with van der Waals surface area (Å²) < 4.78 is 31.2. The molecule has 0 spiro atoms. The Labute approximate surface area is 227 Å². The number of amides is 1. The van der Waals surface area contributed by atoms with E-state index in [0.717, 1.165) is 11.8 Å². The molecule has 1 aliphatic heterocycles. The SMILES string of the molecule is C[C@@H](n1cc(C(=O)N2CCN(c3ccc([N+](=O)[O-])cc3)CC2)cn1)[C@](O)(Cn1cncn1)c1ccc(F)cc1F. The Morgan fingerprint density at radius 3 is 2.48 bits per heavy atom. The van der Waals surface area contributed by atoms with Gasteiger partial charge in [-0.15, -0.1) is 0 Å². The number of benzene rings is 2. The van der Waals surface area contributed by atoms with E-state index >= 15 is 0 Å². The molecular weight excluding hydrogens is 526 g/mol. The molecular formula is C26H26F2N8O4. The highest BCUT2D eigenvalue weighted by molar-refractivity contribution is 5.94. The third-order valence-electron chi connectivity index (χ3n) is 7.20. The molecule has 0 aliphatic carbocycles. The zero-order chi connectivity index (χ0) is 28.4. The van der Waals surface area contributed by atoms with Crippen LogP contribution < -0.4 is 4.90 Å². The summed E-state index contributed by atoms with van der Waals surface area (Å²) in [7, 11) is 0. The summed E-state index contributed by atoms with van der Waals surface area (Å²) in [5.74, 6) is -1.96. The van der Waals surface area contributed by atoms with Crippen molar-refractivity contribution in [3.8, 4) is 0 Å². The molecule has 12 nitrogen and oxygen atoms in total. The number of non-ortho nitro benzene ring substituents is 1. The van der Waals surface area contributed by atoms with E-state index < -0.39 is 28.2 Å². The number of nitro benzene ring substituents is 1. The molecule has 1 saturated heterocycles. The Morgan fingerprint density at radius 1 is 1.12 bits per heavy atom. The van der Waals surface area contributed by atoms with E-state index in [0.29, 0.717) is 37.8 Å². The quantitative estimate of drug-likeness (QED) is 0.260. The fraction of sp³-hybridized carbons (Fsp3) is 0.308. The predicted octanol–water partition coefficient (Wildman–Crippen LogP) is 2.77. The number of rotatable bonds is 8. The van der Waals surface area contributed by atoms with Crippen molar-refractivity contribution >= 4 is 17.3 Å². The van der Waals surface area contributed by atoms with Crippen molar-refractivity contribution < 1.29 is 23.6 Å². The number of aromatic nitrogens is 5. The van der Waals surface area contributed by atoms with Crippen LogP contribution in [0.3, 0.4) is 0 Å². The molecule has 14 heteroatoms. The highest BCUT2D eigenvalue weighted by atomic mass is 19.1. The monoisotopic (exact) mass is 552 g/mol. The molecule has 0 unspecified atom stereocenters. The van der Waals surface area contributed by atoms with Gasteiger partial charge in [0.2, 0.25) is 0 Å². The van der Waals surface area contributed by atoms with Gasteiger partial charge in [-0.05, 0) is 25.1 Å². The molecule has 0 bridgehead atoms. The van der Waals surface area contributed by atoms with E-state index in [1.165, 1.54) is 52.6 Å². The van der Waals surface area contributed by atoms with Crippen LogP contribution in [0.25, 0.3) is 0 Å². The first-order valence-corrected chi connectivity index (χ1v) is 12.5. The number of hydrogen-bond acceptors (Lipinski definition) is 8. The van der Waals surface area contributed by atoms with E-state index in [2.05, 4.69) is 15.2 Å². The first kappa shape index (κ1) is 26.9. The summed E-state index contributed by atoms with van der Waals surface area (Å²) >= 11 is 0. The van der Waals surface area contributed by atoms with Crippen molar-refractivity contribution in [2.75, 3.05) is 31.1 Å². The lowest BCUT2D eigenvalue weighted by molar-refractivity contribution is -0.384. The van der Waals surface area contributed by atoms with Crippen LogP contribution >= 0.6 is 0 Å². The lowest BCUT2D eigenvalue weighted by Gasteiger charge is -2.36. The average molecular weight is 553 g/mol. The van der Waals surface area contributed by atoms with Crippen molar-refractivity contribution in [2.45, 2.75) is 25.1 Å². The summed E-state index contributed by atoms with van der Waals surface area (Å²) in [6.07, 6.45) is 5.52. The lowest BCUT2D eigenvalue weighted by atomic mass is 9.86. The Morgan fingerprint density at radius 2 is 1.85 bits per heavy atom. The van der Waals surface area contributed by atoms with Gasteiger partial charge >= 0.3 is 0 Å². The van der Waals surface area contributed by atoms with E-state index in [4.69, 9.17) is 0 Å². The molecule has 3 heterocycles. The number of anilines is 1. The lowest BCUT2D eigenvalue weighted by Crippen LogP contribution is -2.48. The molecule has 1 amide bonds. The van der Waals surface area contributed by atoms with E-state index in [1.54, 1.807) is 24.0 Å². The molecule has 208 valence electrons. The van der Waals surface area contributed by atoms with Gasteiger partial charge in [0.15, 0.2) is 0 Å². The van der Waals surface area contributed by atoms with E-state index in [-0.39, 0.29) is 23.7 Å². The third-order valence-corrected chi connectivity index (χ3v) is 7.20. The number of nitro groups is 1. The van der Waals surface area contributed by atoms with Gasteiger partial charge in [-0.25, -0.2) is 18.4 Å². The molecule has 4 aromatic rings. The van der Waals surface area contributed by atoms with Crippen LogP contribution in [0.15, 0.2) is 67.5 Å². The maximum absolute atomic E-state index is 14.9. The van der Waals surface area contributed by atoms with Crippen LogP contribution in [0.1, 0.15) is 28.9 Å². The summed E-state index contributed by atoms with van der Waals surface area (Å²) in [5, 5.41) is 31.0. The van der Waals surface area contributed by atoms with Crippen LogP contribution in [0.5, 0.6) is 0 Å². The van der Waals surface area contributed by atoms with Crippen molar-refractivity contribution in [1.29, 1.82) is 0 Å². The van der Waals surface area contributed by atoms with Gasteiger partial charge in [0.05, 0.1) is 29.3 Å². The summed E-state index contributed by atoms with van der Waals surface area (Å²) in [6.45, 7) is 3.33. The molecule has 2 aromatic heterocycles. The summed E-state index contributed by atoms with van der Waals surface area (Å²) in [5.41, 5.74) is -0.937. The Balaban J connectivity index is 1.31. The second-order valence-corrected chi connectivity index (χ2v) is 9.58. The minimum absolute atomic E-state index is 0.0131. The Kier molecular flexibility index (Phi) is 7.26. The maximum Gasteiger partial charge on any atom is 0.269 e. The van der Waals surface area contributed by atoms with Gasteiger partial charge in [-0.1, -0.05) is 6.07 Å². The van der Waals surface area contributed by atoms with Crippen molar-refractivity contribution in [2.24, 2.45) is 0 Å². The second kappa shape index (κ2) is 10.8. The Hall–Kier alpha value is -4.72. The first-order chi connectivity index (χ1) is 19.2. The number of carbonyl (C=O) groups excluding carboxylic acids is 1. The van der Waals surface area contributed by atoms with E-state index in [1.807, 2.05) is 4.90 Å². The number of nitrogens with zero attached hydrogens (tertiary/aromatic N) is 8. The van der Waals surface area contributed by atoms with Gasteiger partial charge < -0.3 is 14.9 Å². The average Bonchev–Trinajstić information content (AvgIpc) is 3.65. The normalized spacial score (nSPS) is 16.0. The number of halogens is 2. The highest BCUT2D eigenvalue weighted by Crippen LogP contribution is 2.36. The minimum atomic E-state index is -1.92. The van der Waals surface area contributed by atoms with Crippen LogP contribution in [-0.4, -0.2) is 71.6 Å². The van der Waals surface area contributed by atoms with Crippen molar-refractivity contribution in [3.63, 3.8) is 0 Å². The number of aliphatic hydroxyl groups is 1. The zero-order valence-corrected chi connectivity index (χ0v) is 21.5. The molecule has 2 aromatic carbocycles. The molecule has 1 fully saturated rings. The summed E-state index contributed by atoms with van der Waals surface area (Å²) in [4.78, 5) is 31.3. The van der Waals surface area contributed by atoms with Gasteiger partial charge in [-0.3, -0.25) is 19.6 Å². The largest absolute Gasteiger partial charge is 0.381 e. The maximum atomic E-state index is 14.9. The highest BCUT2D eigenvalue weighted by Gasteiger charge is 2.41. The zero-order valence-electron chi connectivity index (χ0n) is 21.5. The second-order valence-electron chi connectivity index (χ2n) is 9.58. The smallest absolute Gasteiger partial charge is 0.269 e. The van der Waals surface area contributed by atoms with Gasteiger partial charge in [0.1, 0.15) is 29.9 Å². The number of carbonyl (C=O) groups is 1. The molecule has 40 heavy (non-hydrogen) atoms. The van der Waals surface area contributed by atoms with Gasteiger partial charge in [0, 0.05) is 61.8 Å².